The highest BCUT2D eigenvalue weighted by Gasteiger charge is 2.30. The summed E-state index contributed by atoms with van der Waals surface area (Å²) in [5.41, 5.74) is 7.18. The summed E-state index contributed by atoms with van der Waals surface area (Å²) >= 11 is 9.89. The molecule has 106 valence electrons. The molecule has 1 unspecified atom stereocenters. The standard InChI is InChI=1S/C15H22BrClN2/c1-10(2)19(9-11-3-4-11)15(8-18)13-7-12(16)5-6-14(13)17/h5-7,10-11,15H,3-4,8-9,18H2,1-2H3. The van der Waals surface area contributed by atoms with E-state index in [1.807, 2.05) is 12.1 Å². The molecule has 0 spiro atoms. The zero-order valence-corrected chi connectivity index (χ0v) is 13.9. The summed E-state index contributed by atoms with van der Waals surface area (Å²) in [6.45, 7) is 6.19. The first-order valence-corrected chi connectivity index (χ1v) is 8.10. The van der Waals surface area contributed by atoms with Crippen LogP contribution in [0.25, 0.3) is 0 Å². The maximum Gasteiger partial charge on any atom is 0.0488 e. The van der Waals surface area contributed by atoms with Gasteiger partial charge < -0.3 is 5.73 Å². The third-order valence-corrected chi connectivity index (χ3v) is 4.61. The van der Waals surface area contributed by atoms with Crippen LogP contribution in [0.5, 0.6) is 0 Å². The Balaban J connectivity index is 2.26. The van der Waals surface area contributed by atoms with Gasteiger partial charge in [-0.15, -0.1) is 0 Å². The van der Waals surface area contributed by atoms with E-state index >= 15 is 0 Å². The summed E-state index contributed by atoms with van der Waals surface area (Å²) < 4.78 is 1.06. The van der Waals surface area contributed by atoms with Gasteiger partial charge in [0.25, 0.3) is 0 Å². The molecule has 0 aromatic heterocycles. The lowest BCUT2D eigenvalue weighted by Crippen LogP contribution is -2.40. The number of rotatable bonds is 6. The van der Waals surface area contributed by atoms with E-state index in [4.69, 9.17) is 17.3 Å². The highest BCUT2D eigenvalue weighted by atomic mass is 79.9. The van der Waals surface area contributed by atoms with Crippen LogP contribution in [0.3, 0.4) is 0 Å². The van der Waals surface area contributed by atoms with Gasteiger partial charge >= 0.3 is 0 Å². The van der Waals surface area contributed by atoms with Gasteiger partial charge in [0.05, 0.1) is 0 Å². The Morgan fingerprint density at radius 3 is 2.63 bits per heavy atom. The first-order valence-electron chi connectivity index (χ1n) is 6.93. The van der Waals surface area contributed by atoms with Gasteiger partial charge in [-0.05, 0) is 56.4 Å². The summed E-state index contributed by atoms with van der Waals surface area (Å²) in [7, 11) is 0. The molecule has 0 aliphatic heterocycles. The van der Waals surface area contributed by atoms with Crippen LogP contribution in [0.4, 0.5) is 0 Å². The normalized spacial score (nSPS) is 17.2. The molecule has 2 rings (SSSR count). The van der Waals surface area contributed by atoms with Crippen molar-refractivity contribution in [2.24, 2.45) is 11.7 Å². The number of hydrogen-bond donors (Lipinski definition) is 1. The van der Waals surface area contributed by atoms with Crippen LogP contribution >= 0.6 is 27.5 Å². The van der Waals surface area contributed by atoms with Crippen molar-refractivity contribution in [3.05, 3.63) is 33.3 Å². The largest absolute Gasteiger partial charge is 0.329 e. The average molecular weight is 346 g/mol. The Morgan fingerprint density at radius 1 is 1.42 bits per heavy atom. The Kier molecular flexibility index (Phi) is 5.29. The topological polar surface area (TPSA) is 29.3 Å². The first-order chi connectivity index (χ1) is 9.02. The van der Waals surface area contributed by atoms with E-state index in [1.165, 1.54) is 12.8 Å². The minimum Gasteiger partial charge on any atom is -0.329 e. The van der Waals surface area contributed by atoms with Crippen LogP contribution in [0.2, 0.25) is 5.02 Å². The second-order valence-electron chi connectivity index (χ2n) is 5.65. The minimum atomic E-state index is 0.200. The Labute approximate surface area is 129 Å². The van der Waals surface area contributed by atoms with Gasteiger partial charge in [0.2, 0.25) is 0 Å². The summed E-state index contributed by atoms with van der Waals surface area (Å²) in [5, 5.41) is 0.806. The van der Waals surface area contributed by atoms with Crippen molar-refractivity contribution < 1.29 is 0 Å². The molecule has 0 heterocycles. The monoisotopic (exact) mass is 344 g/mol. The van der Waals surface area contributed by atoms with E-state index in [0.29, 0.717) is 12.6 Å². The molecule has 1 aliphatic rings. The summed E-state index contributed by atoms with van der Waals surface area (Å²) in [6.07, 6.45) is 2.71. The molecular weight excluding hydrogens is 324 g/mol. The lowest BCUT2D eigenvalue weighted by atomic mass is 10.0. The first kappa shape index (κ1) is 15.3. The maximum atomic E-state index is 6.37. The molecule has 2 N–H and O–H groups in total. The van der Waals surface area contributed by atoms with Gasteiger partial charge in [-0.1, -0.05) is 27.5 Å². The van der Waals surface area contributed by atoms with Gasteiger partial charge in [-0.25, -0.2) is 0 Å². The van der Waals surface area contributed by atoms with E-state index in [9.17, 15) is 0 Å². The van der Waals surface area contributed by atoms with Crippen LogP contribution in [0, 0.1) is 5.92 Å². The third-order valence-electron chi connectivity index (χ3n) is 3.77. The van der Waals surface area contributed by atoms with E-state index < -0.39 is 0 Å². The zero-order chi connectivity index (χ0) is 14.0. The van der Waals surface area contributed by atoms with Gasteiger partial charge in [-0.3, -0.25) is 4.90 Å². The van der Waals surface area contributed by atoms with Gasteiger partial charge in [0.15, 0.2) is 0 Å². The van der Waals surface area contributed by atoms with E-state index in [0.717, 1.165) is 27.5 Å². The molecule has 0 radical (unpaired) electrons. The fourth-order valence-corrected chi connectivity index (χ4v) is 3.13. The van der Waals surface area contributed by atoms with Crippen LogP contribution in [-0.2, 0) is 0 Å². The Hall–Kier alpha value is -0.0900. The molecular formula is C15H22BrClN2. The highest BCUT2D eigenvalue weighted by Crippen LogP contribution is 2.36. The summed E-state index contributed by atoms with van der Waals surface area (Å²) in [4.78, 5) is 2.49. The smallest absolute Gasteiger partial charge is 0.0488 e. The molecule has 1 aliphatic carbocycles. The predicted molar refractivity (Wildman–Crippen MR) is 85.5 cm³/mol. The van der Waals surface area contributed by atoms with Crippen LogP contribution in [-0.4, -0.2) is 24.0 Å². The Morgan fingerprint density at radius 2 is 2.11 bits per heavy atom. The number of hydrogen-bond acceptors (Lipinski definition) is 2. The van der Waals surface area contributed by atoms with Crippen LogP contribution < -0.4 is 5.73 Å². The molecule has 1 atom stereocenters. The minimum absolute atomic E-state index is 0.200. The van der Waals surface area contributed by atoms with E-state index in [-0.39, 0.29) is 6.04 Å². The van der Waals surface area contributed by atoms with Crippen molar-refractivity contribution >= 4 is 27.5 Å². The van der Waals surface area contributed by atoms with Crippen molar-refractivity contribution in [1.29, 1.82) is 0 Å². The van der Waals surface area contributed by atoms with Crippen LogP contribution in [0.15, 0.2) is 22.7 Å². The van der Waals surface area contributed by atoms with Crippen molar-refractivity contribution in [1.82, 2.24) is 4.90 Å². The van der Waals surface area contributed by atoms with Gasteiger partial charge in [-0.2, -0.15) is 0 Å². The molecule has 4 heteroatoms. The molecule has 2 nitrogen and oxygen atoms in total. The van der Waals surface area contributed by atoms with Gasteiger partial charge in [0.1, 0.15) is 0 Å². The van der Waals surface area contributed by atoms with E-state index in [1.54, 1.807) is 0 Å². The van der Waals surface area contributed by atoms with Crippen molar-refractivity contribution in [2.45, 2.75) is 38.8 Å². The summed E-state index contributed by atoms with van der Waals surface area (Å²) in [6, 6.07) is 6.69. The average Bonchev–Trinajstić information content (AvgIpc) is 3.17. The van der Waals surface area contributed by atoms with Crippen molar-refractivity contribution in [3.63, 3.8) is 0 Å². The maximum absolute atomic E-state index is 6.37. The second kappa shape index (κ2) is 6.57. The fraction of sp³-hybridized carbons (Fsp3) is 0.600. The third kappa shape index (κ3) is 3.94. The van der Waals surface area contributed by atoms with Crippen molar-refractivity contribution in [3.8, 4) is 0 Å². The molecule has 1 aromatic carbocycles. The van der Waals surface area contributed by atoms with Crippen molar-refractivity contribution in [2.75, 3.05) is 13.1 Å². The van der Waals surface area contributed by atoms with E-state index in [2.05, 4.69) is 40.7 Å². The lowest BCUT2D eigenvalue weighted by Gasteiger charge is -2.35. The number of nitrogens with two attached hydrogens (primary N) is 1. The fourth-order valence-electron chi connectivity index (χ4n) is 2.51. The SMILES string of the molecule is CC(C)N(CC1CC1)C(CN)c1cc(Br)ccc1Cl. The molecule has 0 amide bonds. The molecule has 1 saturated carbocycles. The van der Waals surface area contributed by atoms with Gasteiger partial charge in [0, 0.05) is 34.7 Å². The zero-order valence-electron chi connectivity index (χ0n) is 11.6. The quantitative estimate of drug-likeness (QED) is 0.836. The highest BCUT2D eigenvalue weighted by molar-refractivity contribution is 9.10. The predicted octanol–water partition coefficient (Wildman–Crippen LogP) is 4.22. The van der Waals surface area contributed by atoms with Crippen LogP contribution in [0.1, 0.15) is 38.3 Å². The molecule has 1 aromatic rings. The second-order valence-corrected chi connectivity index (χ2v) is 6.97. The summed E-state index contributed by atoms with van der Waals surface area (Å²) in [5.74, 6) is 0.849. The number of benzene rings is 1. The molecule has 19 heavy (non-hydrogen) atoms. The molecule has 1 fully saturated rings. The molecule has 0 saturated heterocycles. The molecule has 0 bridgehead atoms. The number of nitrogens with zero attached hydrogens (tertiary/aromatic N) is 1. The lowest BCUT2D eigenvalue weighted by molar-refractivity contribution is 0.149. The number of halogens is 2. The Bertz CT molecular complexity index is 432.